The molecule has 0 aliphatic carbocycles. The molecule has 0 radical (unpaired) electrons. The van der Waals surface area contributed by atoms with E-state index in [0.29, 0.717) is 11.3 Å². The zero-order valence-electron chi connectivity index (χ0n) is 12.6. The summed E-state index contributed by atoms with van der Waals surface area (Å²) >= 11 is 0. The van der Waals surface area contributed by atoms with Gasteiger partial charge in [0.1, 0.15) is 12.7 Å². The zero-order chi connectivity index (χ0) is 16.2. The van der Waals surface area contributed by atoms with Crippen LogP contribution in [0.2, 0.25) is 0 Å². The summed E-state index contributed by atoms with van der Waals surface area (Å²) in [5.41, 5.74) is 3.68. The molecule has 2 aromatic carbocycles. The zero-order valence-corrected chi connectivity index (χ0v) is 12.6. The van der Waals surface area contributed by atoms with Crippen molar-refractivity contribution in [1.29, 1.82) is 0 Å². The van der Waals surface area contributed by atoms with Crippen LogP contribution in [0.3, 0.4) is 0 Å². The van der Waals surface area contributed by atoms with Gasteiger partial charge in [0.05, 0.1) is 12.3 Å². The predicted octanol–water partition coefficient (Wildman–Crippen LogP) is 2.32. The van der Waals surface area contributed by atoms with Gasteiger partial charge in [0, 0.05) is 11.3 Å². The van der Waals surface area contributed by atoms with E-state index >= 15 is 0 Å². The van der Waals surface area contributed by atoms with Crippen LogP contribution in [-0.4, -0.2) is 25.8 Å². The molecular formula is C17H16N4O2. The number of carbonyl (C=O) groups excluding carboxylic acids is 1. The number of aromatic nitrogens is 3. The van der Waals surface area contributed by atoms with Crippen molar-refractivity contribution in [2.45, 2.75) is 13.5 Å². The van der Waals surface area contributed by atoms with E-state index in [9.17, 15) is 4.79 Å². The van der Waals surface area contributed by atoms with E-state index in [1.54, 1.807) is 41.3 Å². The molecule has 0 aliphatic rings. The number of anilines is 1. The molecule has 0 unspecified atom stereocenters. The van der Waals surface area contributed by atoms with Crippen molar-refractivity contribution in [3.63, 3.8) is 0 Å². The maximum Gasteiger partial charge on any atom is 0.255 e. The Hall–Kier alpha value is -2.99. The first-order valence-electron chi connectivity index (χ1n) is 7.14. The molecule has 6 nitrogen and oxygen atoms in total. The van der Waals surface area contributed by atoms with Crippen molar-refractivity contribution in [2.75, 3.05) is 5.32 Å². The SMILES string of the molecule is Cc1cc(-n2cncn2)ccc1C(=O)Nc1cccc(CO)c1. The van der Waals surface area contributed by atoms with Crippen LogP contribution >= 0.6 is 0 Å². The van der Waals surface area contributed by atoms with Crippen LogP contribution in [0.1, 0.15) is 21.5 Å². The lowest BCUT2D eigenvalue weighted by Gasteiger charge is -2.10. The molecule has 0 saturated carbocycles. The van der Waals surface area contributed by atoms with Gasteiger partial charge < -0.3 is 10.4 Å². The average Bonchev–Trinajstić information content (AvgIpc) is 3.09. The number of hydrogen-bond acceptors (Lipinski definition) is 4. The summed E-state index contributed by atoms with van der Waals surface area (Å²) in [5, 5.41) is 16.1. The summed E-state index contributed by atoms with van der Waals surface area (Å²) in [6, 6.07) is 12.6. The fourth-order valence-corrected chi connectivity index (χ4v) is 2.33. The molecule has 0 fully saturated rings. The van der Waals surface area contributed by atoms with E-state index in [4.69, 9.17) is 5.11 Å². The number of aliphatic hydroxyl groups is 1. The summed E-state index contributed by atoms with van der Waals surface area (Å²) in [7, 11) is 0. The molecule has 3 rings (SSSR count). The molecule has 0 spiro atoms. The van der Waals surface area contributed by atoms with Crippen molar-refractivity contribution in [1.82, 2.24) is 14.8 Å². The van der Waals surface area contributed by atoms with Crippen molar-refractivity contribution < 1.29 is 9.90 Å². The van der Waals surface area contributed by atoms with Gasteiger partial charge in [0.15, 0.2) is 0 Å². The number of nitrogens with one attached hydrogen (secondary N) is 1. The van der Waals surface area contributed by atoms with E-state index in [1.165, 1.54) is 6.33 Å². The molecule has 0 atom stereocenters. The molecule has 0 saturated heterocycles. The number of hydrogen-bond donors (Lipinski definition) is 2. The van der Waals surface area contributed by atoms with Gasteiger partial charge in [-0.2, -0.15) is 5.10 Å². The first-order valence-corrected chi connectivity index (χ1v) is 7.14. The van der Waals surface area contributed by atoms with Crippen LogP contribution in [0.15, 0.2) is 55.1 Å². The number of benzene rings is 2. The van der Waals surface area contributed by atoms with Gasteiger partial charge in [-0.15, -0.1) is 0 Å². The van der Waals surface area contributed by atoms with Gasteiger partial charge in [-0.25, -0.2) is 9.67 Å². The monoisotopic (exact) mass is 308 g/mol. The second-order valence-corrected chi connectivity index (χ2v) is 5.15. The topological polar surface area (TPSA) is 80.0 Å². The molecule has 2 N–H and O–H groups in total. The van der Waals surface area contributed by atoms with Crippen LogP contribution < -0.4 is 5.32 Å². The van der Waals surface area contributed by atoms with E-state index in [1.807, 2.05) is 19.1 Å². The fraction of sp³-hybridized carbons (Fsp3) is 0.118. The quantitative estimate of drug-likeness (QED) is 0.775. The molecule has 6 heteroatoms. The summed E-state index contributed by atoms with van der Waals surface area (Å²) in [6.45, 7) is 1.81. The summed E-state index contributed by atoms with van der Waals surface area (Å²) in [5.74, 6) is -0.192. The Balaban J connectivity index is 1.82. The van der Waals surface area contributed by atoms with Crippen LogP contribution in [0.5, 0.6) is 0 Å². The lowest BCUT2D eigenvalue weighted by Crippen LogP contribution is -2.14. The Morgan fingerprint density at radius 1 is 1.26 bits per heavy atom. The normalized spacial score (nSPS) is 10.5. The van der Waals surface area contributed by atoms with Crippen molar-refractivity contribution in [2.24, 2.45) is 0 Å². The standard InChI is InChI=1S/C17H16N4O2/c1-12-7-15(21-11-18-10-19-21)5-6-16(12)17(23)20-14-4-2-3-13(8-14)9-22/h2-8,10-11,22H,9H2,1H3,(H,20,23). The van der Waals surface area contributed by atoms with E-state index in [2.05, 4.69) is 15.4 Å². The number of carbonyl (C=O) groups is 1. The highest BCUT2D eigenvalue weighted by atomic mass is 16.3. The first kappa shape index (κ1) is 14.9. The minimum absolute atomic E-state index is 0.0602. The predicted molar refractivity (Wildman–Crippen MR) is 86.4 cm³/mol. The summed E-state index contributed by atoms with van der Waals surface area (Å²) in [4.78, 5) is 16.3. The van der Waals surface area contributed by atoms with E-state index in [-0.39, 0.29) is 12.5 Å². The first-order chi connectivity index (χ1) is 11.2. The van der Waals surface area contributed by atoms with Gasteiger partial charge in [-0.3, -0.25) is 4.79 Å². The van der Waals surface area contributed by atoms with E-state index < -0.39 is 0 Å². The highest BCUT2D eigenvalue weighted by Gasteiger charge is 2.11. The molecule has 0 aliphatic heterocycles. The number of rotatable bonds is 4. The third-order valence-corrected chi connectivity index (χ3v) is 3.51. The van der Waals surface area contributed by atoms with Gasteiger partial charge in [0.2, 0.25) is 0 Å². The minimum atomic E-state index is -0.192. The number of amides is 1. The smallest absolute Gasteiger partial charge is 0.255 e. The van der Waals surface area contributed by atoms with Gasteiger partial charge in [0.25, 0.3) is 5.91 Å². The Bertz CT molecular complexity index is 828. The summed E-state index contributed by atoms with van der Waals surface area (Å²) < 4.78 is 1.64. The number of aliphatic hydroxyl groups excluding tert-OH is 1. The highest BCUT2D eigenvalue weighted by Crippen LogP contribution is 2.17. The van der Waals surface area contributed by atoms with Crippen LogP contribution in [0.25, 0.3) is 5.69 Å². The number of aryl methyl sites for hydroxylation is 1. The Morgan fingerprint density at radius 2 is 2.13 bits per heavy atom. The molecule has 116 valence electrons. The molecule has 0 bridgehead atoms. The maximum absolute atomic E-state index is 12.4. The van der Waals surface area contributed by atoms with Gasteiger partial charge >= 0.3 is 0 Å². The van der Waals surface area contributed by atoms with Crippen molar-refractivity contribution in [3.05, 3.63) is 71.8 Å². The fourth-order valence-electron chi connectivity index (χ4n) is 2.33. The minimum Gasteiger partial charge on any atom is -0.392 e. The Morgan fingerprint density at radius 3 is 2.83 bits per heavy atom. The average molecular weight is 308 g/mol. The van der Waals surface area contributed by atoms with Crippen molar-refractivity contribution in [3.8, 4) is 5.69 Å². The van der Waals surface area contributed by atoms with Crippen molar-refractivity contribution >= 4 is 11.6 Å². The third kappa shape index (κ3) is 3.27. The molecule has 23 heavy (non-hydrogen) atoms. The Labute approximate surface area is 133 Å². The molecule has 3 aromatic rings. The molecule has 1 amide bonds. The molecule has 1 heterocycles. The van der Waals surface area contributed by atoms with Gasteiger partial charge in [-0.05, 0) is 48.4 Å². The molecular weight excluding hydrogens is 292 g/mol. The lowest BCUT2D eigenvalue weighted by atomic mass is 10.1. The second kappa shape index (κ2) is 6.41. The highest BCUT2D eigenvalue weighted by molar-refractivity contribution is 6.05. The largest absolute Gasteiger partial charge is 0.392 e. The van der Waals surface area contributed by atoms with Crippen LogP contribution in [0, 0.1) is 6.92 Å². The van der Waals surface area contributed by atoms with Crippen LogP contribution in [-0.2, 0) is 6.61 Å². The second-order valence-electron chi connectivity index (χ2n) is 5.15. The van der Waals surface area contributed by atoms with E-state index in [0.717, 1.165) is 16.8 Å². The molecule has 1 aromatic heterocycles. The van der Waals surface area contributed by atoms with Crippen LogP contribution in [0.4, 0.5) is 5.69 Å². The number of nitrogens with zero attached hydrogens (tertiary/aromatic N) is 3. The maximum atomic E-state index is 12.4. The third-order valence-electron chi connectivity index (χ3n) is 3.51. The Kier molecular flexibility index (Phi) is 4.16. The summed E-state index contributed by atoms with van der Waals surface area (Å²) in [6.07, 6.45) is 3.07. The lowest BCUT2D eigenvalue weighted by molar-refractivity contribution is 0.102. The van der Waals surface area contributed by atoms with Gasteiger partial charge in [-0.1, -0.05) is 12.1 Å².